The largest absolute Gasteiger partial charge is 0.481 e. The highest BCUT2D eigenvalue weighted by Crippen LogP contribution is 2.44. The van der Waals surface area contributed by atoms with Gasteiger partial charge in [0.05, 0.1) is 12.3 Å². The van der Waals surface area contributed by atoms with E-state index in [1.165, 1.54) is 0 Å². The van der Waals surface area contributed by atoms with Crippen LogP contribution in [0.4, 0.5) is 18.0 Å². The first-order valence-corrected chi connectivity index (χ1v) is 11.2. The summed E-state index contributed by atoms with van der Waals surface area (Å²) in [6, 6.07) is 12.7. The van der Waals surface area contributed by atoms with Crippen LogP contribution in [0, 0.1) is 11.8 Å². The molecule has 3 atom stereocenters. The van der Waals surface area contributed by atoms with Crippen LogP contribution in [0.5, 0.6) is 0 Å². The molecule has 10 heteroatoms. The molecule has 1 fully saturated rings. The molecule has 0 bridgehead atoms. The summed E-state index contributed by atoms with van der Waals surface area (Å²) >= 11 is 0. The van der Waals surface area contributed by atoms with Crippen molar-refractivity contribution in [3.8, 4) is 11.1 Å². The quantitative estimate of drug-likeness (QED) is 0.638. The van der Waals surface area contributed by atoms with Gasteiger partial charge in [-0.3, -0.25) is 9.59 Å². The van der Waals surface area contributed by atoms with Gasteiger partial charge in [-0.2, -0.15) is 13.2 Å². The van der Waals surface area contributed by atoms with Crippen molar-refractivity contribution in [1.82, 2.24) is 10.2 Å². The Labute approximate surface area is 199 Å². The molecule has 2 aliphatic rings. The molecule has 186 valence electrons. The molecule has 1 aliphatic heterocycles. The maximum atomic E-state index is 13.6. The summed E-state index contributed by atoms with van der Waals surface area (Å²) in [7, 11) is 0. The minimum atomic E-state index is -4.89. The lowest BCUT2D eigenvalue weighted by Crippen LogP contribution is -2.49. The van der Waals surface area contributed by atoms with E-state index in [9.17, 15) is 32.7 Å². The molecule has 2 aromatic carbocycles. The van der Waals surface area contributed by atoms with E-state index < -0.39 is 42.5 Å². The van der Waals surface area contributed by atoms with Gasteiger partial charge in [0.2, 0.25) is 5.91 Å². The molecule has 2 amide bonds. The van der Waals surface area contributed by atoms with Crippen LogP contribution < -0.4 is 5.32 Å². The van der Waals surface area contributed by atoms with Gasteiger partial charge in [0.1, 0.15) is 12.6 Å². The summed E-state index contributed by atoms with van der Waals surface area (Å²) in [5.41, 5.74) is 3.80. The van der Waals surface area contributed by atoms with Gasteiger partial charge in [-0.15, -0.1) is 0 Å². The van der Waals surface area contributed by atoms with Crippen molar-refractivity contribution < 1.29 is 37.4 Å². The lowest BCUT2D eigenvalue weighted by Gasteiger charge is -2.24. The second kappa shape index (κ2) is 9.59. The second-order valence-corrected chi connectivity index (χ2v) is 8.99. The molecule has 2 aromatic rings. The smallest absolute Gasteiger partial charge is 0.409 e. The average Bonchev–Trinajstić information content (AvgIpc) is 3.35. The van der Waals surface area contributed by atoms with Crippen molar-refractivity contribution in [1.29, 1.82) is 0 Å². The molecule has 35 heavy (non-hydrogen) atoms. The molecule has 1 aliphatic carbocycles. The van der Waals surface area contributed by atoms with Crippen LogP contribution in [0.15, 0.2) is 48.5 Å². The Hall–Kier alpha value is -3.56. The van der Waals surface area contributed by atoms with E-state index in [0.29, 0.717) is 0 Å². The number of nitrogens with one attached hydrogen (secondary N) is 1. The van der Waals surface area contributed by atoms with E-state index in [1.807, 2.05) is 48.5 Å². The molecule has 0 spiro atoms. The number of aliphatic carboxylic acids is 1. The maximum absolute atomic E-state index is 13.6. The predicted molar refractivity (Wildman–Crippen MR) is 120 cm³/mol. The van der Waals surface area contributed by atoms with Crippen molar-refractivity contribution in [2.45, 2.75) is 31.5 Å². The molecular formula is C25H25F3N2O5. The lowest BCUT2D eigenvalue weighted by molar-refractivity contribution is -0.163. The van der Waals surface area contributed by atoms with Crippen molar-refractivity contribution in [2.24, 2.45) is 11.8 Å². The Kier molecular flexibility index (Phi) is 6.73. The maximum Gasteiger partial charge on any atom is 0.409 e. The standard InChI is InChI=1S/C25H25F3N2O5/c1-14-11-30(12-19(14)23(32)33)22(31)10-21(25(26,27)28)29-24(34)35-13-20-17-8-4-2-6-15(17)16-7-3-5-9-18(16)20/h2-9,14,19-21H,10-13H2,1H3,(H,29,34)(H,32,33). The number of carboxylic acids is 1. The fourth-order valence-corrected chi connectivity index (χ4v) is 4.83. The second-order valence-electron chi connectivity index (χ2n) is 8.99. The number of carbonyl (C=O) groups is 3. The number of amides is 2. The van der Waals surface area contributed by atoms with Gasteiger partial charge in [-0.05, 0) is 28.2 Å². The lowest BCUT2D eigenvalue weighted by atomic mass is 9.98. The molecule has 4 rings (SSSR count). The number of nitrogens with zero attached hydrogens (tertiary/aromatic N) is 1. The van der Waals surface area contributed by atoms with Crippen LogP contribution in [0.1, 0.15) is 30.4 Å². The summed E-state index contributed by atoms with van der Waals surface area (Å²) in [5.74, 6) is -3.51. The molecule has 7 nitrogen and oxygen atoms in total. The first kappa shape index (κ1) is 24.6. The van der Waals surface area contributed by atoms with E-state index >= 15 is 0 Å². The summed E-state index contributed by atoms with van der Waals surface area (Å²) in [6.07, 6.45) is -7.20. The van der Waals surface area contributed by atoms with Crippen LogP contribution in [-0.2, 0) is 14.3 Å². The highest BCUT2D eigenvalue weighted by atomic mass is 19.4. The molecule has 1 heterocycles. The third-order valence-corrected chi connectivity index (χ3v) is 6.69. The zero-order valence-electron chi connectivity index (χ0n) is 18.9. The third kappa shape index (κ3) is 5.11. The molecular weight excluding hydrogens is 465 g/mol. The third-order valence-electron chi connectivity index (χ3n) is 6.69. The Morgan fingerprint density at radius 3 is 2.14 bits per heavy atom. The van der Waals surface area contributed by atoms with Gasteiger partial charge in [0.25, 0.3) is 0 Å². The van der Waals surface area contributed by atoms with Crippen LogP contribution in [0.2, 0.25) is 0 Å². The number of hydrogen-bond acceptors (Lipinski definition) is 4. The van der Waals surface area contributed by atoms with Gasteiger partial charge >= 0.3 is 18.2 Å². The number of halogens is 3. The van der Waals surface area contributed by atoms with Gasteiger partial charge in [0.15, 0.2) is 0 Å². The molecule has 0 saturated carbocycles. The van der Waals surface area contributed by atoms with Crippen LogP contribution in [0.3, 0.4) is 0 Å². The fraction of sp³-hybridized carbons (Fsp3) is 0.400. The molecule has 0 radical (unpaired) electrons. The SMILES string of the molecule is CC1CN(C(=O)CC(NC(=O)OCC2c3ccccc3-c3ccccc32)C(F)(F)F)CC1C(=O)O. The molecule has 1 saturated heterocycles. The number of benzene rings is 2. The fourth-order valence-electron chi connectivity index (χ4n) is 4.83. The number of rotatable bonds is 6. The number of likely N-dealkylation sites (tertiary alicyclic amines) is 1. The number of fused-ring (bicyclic) bond motifs is 3. The zero-order chi connectivity index (χ0) is 25.3. The Morgan fingerprint density at radius 1 is 1.06 bits per heavy atom. The number of alkyl halides is 3. The van der Waals surface area contributed by atoms with Gasteiger partial charge in [-0.25, -0.2) is 4.79 Å². The molecule has 3 unspecified atom stereocenters. The normalized spacial score (nSPS) is 20.2. The van der Waals surface area contributed by atoms with Crippen LogP contribution >= 0.6 is 0 Å². The first-order valence-electron chi connectivity index (χ1n) is 11.2. The van der Waals surface area contributed by atoms with Crippen LogP contribution in [-0.4, -0.2) is 59.9 Å². The molecule has 2 N–H and O–H groups in total. The van der Waals surface area contributed by atoms with E-state index in [1.54, 1.807) is 12.2 Å². The Morgan fingerprint density at radius 2 is 1.63 bits per heavy atom. The topological polar surface area (TPSA) is 95.9 Å². The van der Waals surface area contributed by atoms with Gasteiger partial charge in [-0.1, -0.05) is 55.5 Å². The Balaban J connectivity index is 1.39. The highest BCUT2D eigenvalue weighted by Gasteiger charge is 2.45. The first-order chi connectivity index (χ1) is 16.6. The van der Waals surface area contributed by atoms with E-state index in [4.69, 9.17) is 4.74 Å². The van der Waals surface area contributed by atoms with Crippen molar-refractivity contribution >= 4 is 18.0 Å². The highest BCUT2D eigenvalue weighted by molar-refractivity contribution is 5.81. The average molecular weight is 490 g/mol. The van der Waals surface area contributed by atoms with Crippen LogP contribution in [0.25, 0.3) is 11.1 Å². The summed E-state index contributed by atoms with van der Waals surface area (Å²) in [5, 5.41) is 11.0. The van der Waals surface area contributed by atoms with Crippen molar-refractivity contribution in [3.05, 3.63) is 59.7 Å². The number of ether oxygens (including phenoxy) is 1. The van der Waals surface area contributed by atoms with Gasteiger partial charge in [0, 0.05) is 19.0 Å². The summed E-state index contributed by atoms with van der Waals surface area (Å²) in [4.78, 5) is 37.2. The van der Waals surface area contributed by atoms with Crippen molar-refractivity contribution in [3.63, 3.8) is 0 Å². The minimum absolute atomic E-state index is 0.0469. The van der Waals surface area contributed by atoms with E-state index in [2.05, 4.69) is 0 Å². The van der Waals surface area contributed by atoms with Gasteiger partial charge < -0.3 is 20.1 Å². The Bertz CT molecular complexity index is 1090. The van der Waals surface area contributed by atoms with E-state index in [0.717, 1.165) is 27.2 Å². The number of alkyl carbamates (subject to hydrolysis) is 1. The minimum Gasteiger partial charge on any atom is -0.481 e. The number of carboxylic acid groups (broad SMARTS) is 1. The number of carbonyl (C=O) groups excluding carboxylic acids is 2. The summed E-state index contributed by atoms with van der Waals surface area (Å²) in [6.45, 7) is 1.35. The summed E-state index contributed by atoms with van der Waals surface area (Å²) < 4.78 is 46.0. The zero-order valence-corrected chi connectivity index (χ0v) is 18.9. The predicted octanol–water partition coefficient (Wildman–Crippen LogP) is 4.03. The number of hydrogen-bond donors (Lipinski definition) is 2. The van der Waals surface area contributed by atoms with E-state index in [-0.39, 0.29) is 31.5 Å². The monoisotopic (exact) mass is 490 g/mol. The van der Waals surface area contributed by atoms with Crippen molar-refractivity contribution in [2.75, 3.05) is 19.7 Å². The molecule has 0 aromatic heterocycles.